The number of aromatic amines is 1. The molecule has 0 aliphatic carbocycles. The van der Waals surface area contributed by atoms with E-state index in [0.29, 0.717) is 23.6 Å². The predicted octanol–water partition coefficient (Wildman–Crippen LogP) is 1.83. The highest BCUT2D eigenvalue weighted by molar-refractivity contribution is 5.90. The summed E-state index contributed by atoms with van der Waals surface area (Å²) in [6, 6.07) is 5.91. The van der Waals surface area contributed by atoms with Gasteiger partial charge in [0.25, 0.3) is 5.56 Å². The third-order valence-electron chi connectivity index (χ3n) is 6.75. The van der Waals surface area contributed by atoms with E-state index in [4.69, 9.17) is 14.5 Å². The van der Waals surface area contributed by atoms with Gasteiger partial charge < -0.3 is 34.6 Å². The number of carbonyl (C=O) groups is 1. The number of nitrogens with zero attached hydrogens (tertiary/aromatic N) is 3. The van der Waals surface area contributed by atoms with E-state index >= 15 is 0 Å². The van der Waals surface area contributed by atoms with Crippen LogP contribution in [0.3, 0.4) is 0 Å². The van der Waals surface area contributed by atoms with Crippen LogP contribution in [-0.4, -0.2) is 67.4 Å². The highest BCUT2D eigenvalue weighted by atomic mass is 16.5. The number of rotatable bonds is 9. The zero-order valence-electron chi connectivity index (χ0n) is 21.7. The van der Waals surface area contributed by atoms with Crippen LogP contribution in [0.4, 0.5) is 5.82 Å². The van der Waals surface area contributed by atoms with E-state index in [1.807, 2.05) is 13.0 Å². The minimum atomic E-state index is -0.266. The molecule has 0 bridgehead atoms. The Morgan fingerprint density at radius 3 is 2.64 bits per heavy atom. The molecule has 4 rings (SSSR count). The lowest BCUT2D eigenvalue weighted by atomic mass is 10.1. The average Bonchev–Trinajstić information content (AvgIpc) is 3.14. The number of H-pyrrole nitrogens is 1. The molecule has 10 nitrogen and oxygen atoms in total. The van der Waals surface area contributed by atoms with Crippen LogP contribution in [-0.2, 0) is 22.5 Å². The summed E-state index contributed by atoms with van der Waals surface area (Å²) in [5, 5.41) is 7.22. The summed E-state index contributed by atoms with van der Waals surface area (Å²) in [6.07, 6.45) is 0.176. The average molecular weight is 497 g/mol. The lowest BCUT2D eigenvalue weighted by Gasteiger charge is -2.28. The summed E-state index contributed by atoms with van der Waals surface area (Å²) in [4.78, 5) is 35.5. The Morgan fingerprint density at radius 1 is 1.19 bits per heavy atom. The molecule has 1 aliphatic rings. The number of ether oxygens (including phenoxy) is 2. The largest absolute Gasteiger partial charge is 0.496 e. The molecule has 1 atom stereocenters. The predicted molar refractivity (Wildman–Crippen MR) is 140 cm³/mol. The van der Waals surface area contributed by atoms with Gasteiger partial charge in [-0.25, -0.2) is 4.98 Å². The second kappa shape index (κ2) is 11.1. The van der Waals surface area contributed by atoms with Gasteiger partial charge >= 0.3 is 0 Å². The fourth-order valence-corrected chi connectivity index (χ4v) is 4.95. The lowest BCUT2D eigenvalue weighted by molar-refractivity contribution is -0.120. The normalized spacial score (nSPS) is 14.8. The lowest BCUT2D eigenvalue weighted by Crippen LogP contribution is -2.43. The standard InChI is InChI=1S/C26H36N6O4/c1-16-12-22(36-5)21(26(34)29-16)14-28-24(33)13-20-18(3)32(17(2)15-35-4)25-19(20)6-7-23(30-25)31-10-8-27-9-11-31/h6-7,12,17,27H,8-11,13-15H2,1-5H3,(H,28,33)(H,29,34). The number of methoxy groups -OCH3 is 2. The summed E-state index contributed by atoms with van der Waals surface area (Å²) >= 11 is 0. The molecule has 0 saturated carbocycles. The van der Waals surface area contributed by atoms with Crippen LogP contribution >= 0.6 is 0 Å². The number of piperazine rings is 1. The van der Waals surface area contributed by atoms with Crippen molar-refractivity contribution in [2.45, 2.75) is 39.8 Å². The number of pyridine rings is 2. The Balaban J connectivity index is 1.63. The van der Waals surface area contributed by atoms with Crippen LogP contribution in [0.2, 0.25) is 0 Å². The Kier molecular flexibility index (Phi) is 7.95. The minimum Gasteiger partial charge on any atom is -0.496 e. The fourth-order valence-electron chi connectivity index (χ4n) is 4.95. The molecule has 1 unspecified atom stereocenters. The zero-order chi connectivity index (χ0) is 25.8. The Labute approximate surface area is 211 Å². The molecule has 0 radical (unpaired) electrons. The molecular formula is C26H36N6O4. The van der Waals surface area contributed by atoms with E-state index in [-0.39, 0.29) is 30.5 Å². The number of anilines is 1. The summed E-state index contributed by atoms with van der Waals surface area (Å²) < 4.78 is 12.9. The molecule has 1 amide bonds. The molecule has 10 heteroatoms. The van der Waals surface area contributed by atoms with Gasteiger partial charge in [-0.1, -0.05) is 0 Å². The van der Waals surface area contributed by atoms with Crippen molar-refractivity contribution in [1.29, 1.82) is 0 Å². The molecule has 4 heterocycles. The molecule has 3 N–H and O–H groups in total. The molecule has 3 aromatic rings. The van der Waals surface area contributed by atoms with Crippen LogP contribution in [0.1, 0.15) is 35.5 Å². The Hall–Kier alpha value is -3.37. The molecule has 0 aromatic carbocycles. The van der Waals surface area contributed by atoms with Gasteiger partial charge in [0.2, 0.25) is 5.91 Å². The molecule has 194 valence electrons. The number of carbonyl (C=O) groups excluding carboxylic acids is 1. The molecule has 1 aliphatic heterocycles. The van der Waals surface area contributed by atoms with E-state index in [0.717, 1.165) is 54.3 Å². The maximum atomic E-state index is 13.0. The van der Waals surface area contributed by atoms with Gasteiger partial charge in [0, 0.05) is 50.1 Å². The van der Waals surface area contributed by atoms with Crippen molar-refractivity contribution in [1.82, 2.24) is 25.2 Å². The summed E-state index contributed by atoms with van der Waals surface area (Å²) in [5.41, 5.74) is 3.60. The van der Waals surface area contributed by atoms with Crippen molar-refractivity contribution in [2.24, 2.45) is 0 Å². The van der Waals surface area contributed by atoms with E-state index < -0.39 is 0 Å². The summed E-state index contributed by atoms with van der Waals surface area (Å²) in [6.45, 7) is 10.2. The summed E-state index contributed by atoms with van der Waals surface area (Å²) in [7, 11) is 3.20. The smallest absolute Gasteiger partial charge is 0.256 e. The second-order valence-corrected chi connectivity index (χ2v) is 9.30. The van der Waals surface area contributed by atoms with Gasteiger partial charge in [0.05, 0.1) is 38.3 Å². The first-order valence-corrected chi connectivity index (χ1v) is 12.3. The Bertz CT molecular complexity index is 1290. The number of amides is 1. The first-order chi connectivity index (χ1) is 17.3. The third kappa shape index (κ3) is 5.24. The number of aromatic nitrogens is 3. The highest BCUT2D eigenvalue weighted by Gasteiger charge is 2.23. The van der Waals surface area contributed by atoms with Gasteiger partial charge in [-0.05, 0) is 44.5 Å². The number of hydrogen-bond acceptors (Lipinski definition) is 7. The van der Waals surface area contributed by atoms with Gasteiger partial charge in [-0.15, -0.1) is 0 Å². The van der Waals surface area contributed by atoms with Crippen molar-refractivity contribution in [3.05, 3.63) is 51.1 Å². The van der Waals surface area contributed by atoms with Gasteiger partial charge in [-0.2, -0.15) is 0 Å². The molecule has 1 saturated heterocycles. The topological polar surface area (TPSA) is 114 Å². The van der Waals surface area contributed by atoms with Crippen molar-refractivity contribution >= 4 is 22.8 Å². The number of fused-ring (bicyclic) bond motifs is 1. The molecular weight excluding hydrogens is 460 g/mol. The van der Waals surface area contributed by atoms with Crippen LogP contribution in [0.15, 0.2) is 23.0 Å². The SMILES string of the molecule is COCC(C)n1c(C)c(CC(=O)NCc2c(OC)cc(C)[nH]c2=O)c2ccc(N3CCNCC3)nc21. The van der Waals surface area contributed by atoms with Crippen molar-refractivity contribution in [2.75, 3.05) is 51.9 Å². The molecule has 1 fully saturated rings. The van der Waals surface area contributed by atoms with Crippen LogP contribution in [0.25, 0.3) is 11.0 Å². The quantitative estimate of drug-likeness (QED) is 0.414. The van der Waals surface area contributed by atoms with E-state index in [1.54, 1.807) is 20.1 Å². The number of hydrogen-bond donors (Lipinski definition) is 3. The van der Waals surface area contributed by atoms with Gasteiger partial charge in [0.1, 0.15) is 17.2 Å². The van der Waals surface area contributed by atoms with Crippen LogP contribution in [0.5, 0.6) is 5.75 Å². The molecule has 36 heavy (non-hydrogen) atoms. The third-order valence-corrected chi connectivity index (χ3v) is 6.75. The maximum absolute atomic E-state index is 13.0. The first kappa shape index (κ1) is 25.7. The highest BCUT2D eigenvalue weighted by Crippen LogP contribution is 2.30. The molecule has 3 aromatic heterocycles. The van der Waals surface area contributed by atoms with Crippen molar-refractivity contribution in [3.63, 3.8) is 0 Å². The maximum Gasteiger partial charge on any atom is 0.256 e. The molecule has 0 spiro atoms. The second-order valence-electron chi connectivity index (χ2n) is 9.30. The number of nitrogens with one attached hydrogen (secondary N) is 3. The van der Waals surface area contributed by atoms with E-state index in [2.05, 4.69) is 38.1 Å². The number of aryl methyl sites for hydroxylation is 1. The first-order valence-electron chi connectivity index (χ1n) is 12.3. The zero-order valence-corrected chi connectivity index (χ0v) is 21.7. The van der Waals surface area contributed by atoms with Crippen molar-refractivity contribution < 1.29 is 14.3 Å². The van der Waals surface area contributed by atoms with Gasteiger partial charge in [-0.3, -0.25) is 9.59 Å². The van der Waals surface area contributed by atoms with Crippen LogP contribution < -0.4 is 25.8 Å². The van der Waals surface area contributed by atoms with E-state index in [1.165, 1.54) is 7.11 Å². The monoisotopic (exact) mass is 496 g/mol. The summed E-state index contributed by atoms with van der Waals surface area (Å²) in [5.74, 6) is 1.22. The van der Waals surface area contributed by atoms with Crippen LogP contribution in [0, 0.1) is 13.8 Å². The van der Waals surface area contributed by atoms with Crippen molar-refractivity contribution in [3.8, 4) is 5.75 Å². The Morgan fingerprint density at radius 2 is 1.94 bits per heavy atom. The van der Waals surface area contributed by atoms with Gasteiger partial charge in [0.15, 0.2) is 0 Å². The minimum absolute atomic E-state index is 0.0514. The van der Waals surface area contributed by atoms with E-state index in [9.17, 15) is 9.59 Å². The fraction of sp³-hybridized carbons (Fsp3) is 0.500.